The van der Waals surface area contributed by atoms with Gasteiger partial charge >= 0.3 is 0 Å². The molecule has 1 aliphatic heterocycles. The highest BCUT2D eigenvalue weighted by Gasteiger charge is 2.50. The third-order valence-electron chi connectivity index (χ3n) is 5.52. The number of piperazine rings is 1. The van der Waals surface area contributed by atoms with Gasteiger partial charge in [-0.15, -0.1) is 0 Å². The molecular formula is C17H34N2O2. The molecule has 0 radical (unpaired) electrons. The number of ether oxygens (including phenoxy) is 2. The quantitative estimate of drug-likeness (QED) is 0.662. The van der Waals surface area contributed by atoms with E-state index in [4.69, 9.17) is 9.47 Å². The summed E-state index contributed by atoms with van der Waals surface area (Å²) in [5.41, 5.74) is 0.578. The van der Waals surface area contributed by atoms with Gasteiger partial charge in [0.2, 0.25) is 0 Å². The Labute approximate surface area is 130 Å². The van der Waals surface area contributed by atoms with Crippen LogP contribution in [0.2, 0.25) is 0 Å². The van der Waals surface area contributed by atoms with Crippen molar-refractivity contribution in [3.63, 3.8) is 0 Å². The molecular weight excluding hydrogens is 264 g/mol. The average Bonchev–Trinajstić information content (AvgIpc) is 3.31. The zero-order chi connectivity index (χ0) is 15.3. The van der Waals surface area contributed by atoms with Gasteiger partial charge < -0.3 is 14.8 Å². The van der Waals surface area contributed by atoms with Crippen LogP contribution in [0.3, 0.4) is 0 Å². The van der Waals surface area contributed by atoms with Crippen molar-refractivity contribution in [2.75, 3.05) is 46.6 Å². The van der Waals surface area contributed by atoms with Gasteiger partial charge in [-0.25, -0.2) is 0 Å². The van der Waals surface area contributed by atoms with E-state index in [1.807, 2.05) is 0 Å². The molecule has 0 spiro atoms. The van der Waals surface area contributed by atoms with Crippen molar-refractivity contribution in [1.29, 1.82) is 0 Å². The maximum atomic E-state index is 5.79. The molecule has 0 aromatic heterocycles. The van der Waals surface area contributed by atoms with E-state index in [9.17, 15) is 0 Å². The topological polar surface area (TPSA) is 33.7 Å². The molecule has 1 N–H and O–H groups in total. The summed E-state index contributed by atoms with van der Waals surface area (Å²) >= 11 is 0. The van der Waals surface area contributed by atoms with E-state index in [-0.39, 0.29) is 5.54 Å². The summed E-state index contributed by atoms with van der Waals surface area (Å²) in [6, 6.07) is 0. The van der Waals surface area contributed by atoms with Crippen molar-refractivity contribution in [3.8, 4) is 0 Å². The number of hydrogen-bond donors (Lipinski definition) is 1. The highest BCUT2D eigenvalue weighted by atomic mass is 16.5. The molecule has 1 heterocycles. The molecule has 4 heteroatoms. The first-order valence-electron chi connectivity index (χ1n) is 8.61. The predicted molar refractivity (Wildman–Crippen MR) is 86.7 cm³/mol. The molecule has 0 amide bonds. The van der Waals surface area contributed by atoms with Crippen molar-refractivity contribution in [1.82, 2.24) is 10.2 Å². The van der Waals surface area contributed by atoms with Crippen molar-refractivity contribution in [2.45, 2.75) is 57.5 Å². The molecule has 2 fully saturated rings. The molecule has 1 saturated carbocycles. The molecule has 2 unspecified atom stereocenters. The molecule has 4 nitrogen and oxygen atoms in total. The number of nitrogens with zero attached hydrogens (tertiary/aromatic N) is 1. The Bertz CT molecular complexity index is 322. The Morgan fingerprint density at radius 3 is 2.57 bits per heavy atom. The van der Waals surface area contributed by atoms with Crippen LogP contribution >= 0.6 is 0 Å². The Balaban J connectivity index is 1.82. The zero-order valence-electron chi connectivity index (χ0n) is 14.4. The lowest BCUT2D eigenvalue weighted by Gasteiger charge is -2.52. The molecule has 124 valence electrons. The fourth-order valence-electron chi connectivity index (χ4n) is 3.42. The summed E-state index contributed by atoms with van der Waals surface area (Å²) in [4.78, 5) is 2.70. The standard InChI is InChI=1S/C17H34N2O2/c1-5-16(2)14-19(9-12-21-11-6-10-20-4)17(3,13-18-16)15-7-8-15/h15,18H,5-14H2,1-4H3. The van der Waals surface area contributed by atoms with Gasteiger partial charge in [-0.2, -0.15) is 0 Å². The molecule has 0 bridgehead atoms. The number of methoxy groups -OCH3 is 1. The summed E-state index contributed by atoms with van der Waals surface area (Å²) in [6.45, 7) is 12.8. The van der Waals surface area contributed by atoms with E-state index in [0.717, 1.165) is 51.8 Å². The summed E-state index contributed by atoms with van der Waals surface area (Å²) in [6.07, 6.45) is 4.96. The average molecular weight is 298 g/mol. The van der Waals surface area contributed by atoms with E-state index in [1.165, 1.54) is 19.3 Å². The van der Waals surface area contributed by atoms with E-state index >= 15 is 0 Å². The highest BCUT2D eigenvalue weighted by Crippen LogP contribution is 2.44. The summed E-state index contributed by atoms with van der Waals surface area (Å²) in [5.74, 6) is 0.875. The van der Waals surface area contributed by atoms with E-state index in [2.05, 4.69) is 31.0 Å². The minimum Gasteiger partial charge on any atom is -0.385 e. The van der Waals surface area contributed by atoms with Gasteiger partial charge in [0.15, 0.2) is 0 Å². The van der Waals surface area contributed by atoms with Crippen molar-refractivity contribution < 1.29 is 9.47 Å². The van der Waals surface area contributed by atoms with Gasteiger partial charge in [0.05, 0.1) is 6.61 Å². The SMILES string of the molecule is CCC1(C)CN(CCOCCCOC)C(C)(C2CC2)CN1. The van der Waals surface area contributed by atoms with Crippen LogP contribution < -0.4 is 5.32 Å². The van der Waals surface area contributed by atoms with Crippen LogP contribution in [0.5, 0.6) is 0 Å². The Hall–Kier alpha value is -0.160. The van der Waals surface area contributed by atoms with Crippen LogP contribution in [0.25, 0.3) is 0 Å². The zero-order valence-corrected chi connectivity index (χ0v) is 14.4. The van der Waals surface area contributed by atoms with Gasteiger partial charge in [0.25, 0.3) is 0 Å². The van der Waals surface area contributed by atoms with Crippen LogP contribution in [0.15, 0.2) is 0 Å². The molecule has 0 aromatic carbocycles. The van der Waals surface area contributed by atoms with Gasteiger partial charge in [0.1, 0.15) is 0 Å². The summed E-state index contributed by atoms with van der Waals surface area (Å²) < 4.78 is 10.8. The summed E-state index contributed by atoms with van der Waals surface area (Å²) in [5, 5.41) is 3.81. The molecule has 1 aliphatic carbocycles. The van der Waals surface area contributed by atoms with Gasteiger partial charge in [-0.3, -0.25) is 4.90 Å². The van der Waals surface area contributed by atoms with E-state index in [0.29, 0.717) is 5.54 Å². The maximum absolute atomic E-state index is 5.79. The molecule has 2 aliphatic rings. The lowest BCUT2D eigenvalue weighted by Crippen LogP contribution is -2.69. The first-order valence-corrected chi connectivity index (χ1v) is 8.61. The highest BCUT2D eigenvalue weighted by molar-refractivity contribution is 5.07. The van der Waals surface area contributed by atoms with Crippen LogP contribution in [0, 0.1) is 5.92 Å². The minimum atomic E-state index is 0.254. The smallest absolute Gasteiger partial charge is 0.0593 e. The summed E-state index contributed by atoms with van der Waals surface area (Å²) in [7, 11) is 1.74. The van der Waals surface area contributed by atoms with Gasteiger partial charge in [-0.1, -0.05) is 6.92 Å². The maximum Gasteiger partial charge on any atom is 0.0593 e. The normalized spacial score (nSPS) is 34.3. The third-order valence-corrected chi connectivity index (χ3v) is 5.52. The Morgan fingerprint density at radius 1 is 1.19 bits per heavy atom. The number of nitrogens with one attached hydrogen (secondary N) is 1. The number of rotatable bonds is 9. The molecule has 0 aromatic rings. The molecule has 2 atom stereocenters. The minimum absolute atomic E-state index is 0.254. The molecule has 1 saturated heterocycles. The van der Waals surface area contributed by atoms with Gasteiger partial charge in [0, 0.05) is 51.0 Å². The van der Waals surface area contributed by atoms with Crippen LogP contribution in [-0.2, 0) is 9.47 Å². The van der Waals surface area contributed by atoms with Gasteiger partial charge in [-0.05, 0) is 45.4 Å². The largest absolute Gasteiger partial charge is 0.385 e. The van der Waals surface area contributed by atoms with Crippen LogP contribution in [-0.4, -0.2) is 62.5 Å². The van der Waals surface area contributed by atoms with Crippen LogP contribution in [0.4, 0.5) is 0 Å². The van der Waals surface area contributed by atoms with E-state index < -0.39 is 0 Å². The first kappa shape index (κ1) is 17.2. The third kappa shape index (κ3) is 4.41. The lowest BCUT2D eigenvalue weighted by atomic mass is 9.84. The lowest BCUT2D eigenvalue weighted by molar-refractivity contribution is -0.0167. The Morgan fingerprint density at radius 2 is 1.95 bits per heavy atom. The molecule has 21 heavy (non-hydrogen) atoms. The van der Waals surface area contributed by atoms with E-state index in [1.54, 1.807) is 7.11 Å². The second-order valence-electron chi connectivity index (χ2n) is 7.28. The Kier molecular flexibility index (Phi) is 6.06. The monoisotopic (exact) mass is 298 g/mol. The van der Waals surface area contributed by atoms with Crippen molar-refractivity contribution in [3.05, 3.63) is 0 Å². The second-order valence-corrected chi connectivity index (χ2v) is 7.28. The number of hydrogen-bond acceptors (Lipinski definition) is 4. The van der Waals surface area contributed by atoms with Crippen LogP contribution in [0.1, 0.15) is 46.5 Å². The van der Waals surface area contributed by atoms with Crippen molar-refractivity contribution in [2.24, 2.45) is 5.92 Å². The van der Waals surface area contributed by atoms with Crippen molar-refractivity contribution >= 4 is 0 Å². The second kappa shape index (κ2) is 7.40. The fraction of sp³-hybridized carbons (Fsp3) is 1.00. The molecule has 2 rings (SSSR count). The first-order chi connectivity index (χ1) is 10.0. The predicted octanol–water partition coefficient (Wildman–Crippen LogP) is 2.28. The fourth-order valence-corrected chi connectivity index (χ4v) is 3.42.